The molecule has 1 saturated heterocycles. The largest absolute Gasteiger partial charge is 0.497 e. The number of likely N-dealkylation sites (tertiary alicyclic amines) is 1. The zero-order chi connectivity index (χ0) is 16.8. The Morgan fingerprint density at radius 2 is 2.04 bits per heavy atom. The van der Waals surface area contributed by atoms with Gasteiger partial charge in [-0.3, -0.25) is 20.4 Å². The van der Waals surface area contributed by atoms with Gasteiger partial charge in [0.1, 0.15) is 17.5 Å². The summed E-state index contributed by atoms with van der Waals surface area (Å²) in [6.45, 7) is 2.55. The van der Waals surface area contributed by atoms with Gasteiger partial charge < -0.3 is 14.4 Å². The summed E-state index contributed by atoms with van der Waals surface area (Å²) in [5.74, 6) is 1.08. The van der Waals surface area contributed by atoms with Crippen molar-refractivity contribution in [1.82, 2.24) is 10.9 Å². The molecule has 2 atom stereocenters. The average molecular weight is 322 g/mol. The Kier molecular flexibility index (Phi) is 5.81. The van der Waals surface area contributed by atoms with Crippen molar-refractivity contribution in [3.63, 3.8) is 0 Å². The Morgan fingerprint density at radius 1 is 1.26 bits per heavy atom. The molecule has 1 aromatic rings. The van der Waals surface area contributed by atoms with Gasteiger partial charge >= 0.3 is 0 Å². The molecule has 0 radical (unpaired) electrons. The average Bonchev–Trinajstić information content (AvgIpc) is 3.00. The van der Waals surface area contributed by atoms with Crippen LogP contribution in [0.25, 0.3) is 0 Å². The van der Waals surface area contributed by atoms with Gasteiger partial charge in [-0.2, -0.15) is 0 Å². The van der Waals surface area contributed by atoms with E-state index in [1.54, 1.807) is 14.2 Å². The Labute approximate surface area is 135 Å². The Balaban J connectivity index is 2.12. The molecule has 2 amide bonds. The van der Waals surface area contributed by atoms with Crippen LogP contribution in [0, 0.1) is 0 Å². The quantitative estimate of drug-likeness (QED) is 0.644. The zero-order valence-corrected chi connectivity index (χ0v) is 13.8. The van der Waals surface area contributed by atoms with Gasteiger partial charge in [-0.25, -0.2) is 0 Å². The van der Waals surface area contributed by atoms with Crippen LogP contribution in [0.5, 0.6) is 11.5 Å². The van der Waals surface area contributed by atoms with E-state index in [9.17, 15) is 9.59 Å². The predicted molar refractivity (Wildman–Crippen MR) is 84.2 cm³/mol. The molecule has 7 nitrogen and oxygen atoms in total. The number of hydrazine groups is 1. The first-order valence-electron chi connectivity index (χ1n) is 7.67. The SMILES string of the molecule is COc1ccc(OC)c([C@H]2CCC[NH+]2CC(=O)NNC(C)=O)c1. The van der Waals surface area contributed by atoms with Crippen molar-refractivity contribution in [3.05, 3.63) is 23.8 Å². The highest BCUT2D eigenvalue weighted by atomic mass is 16.5. The van der Waals surface area contributed by atoms with Crippen LogP contribution in [-0.4, -0.2) is 39.1 Å². The van der Waals surface area contributed by atoms with E-state index in [0.717, 1.165) is 41.3 Å². The topological polar surface area (TPSA) is 81.1 Å². The lowest BCUT2D eigenvalue weighted by atomic mass is 10.0. The molecule has 1 heterocycles. The molecule has 1 aliphatic heterocycles. The maximum Gasteiger partial charge on any atom is 0.293 e. The van der Waals surface area contributed by atoms with Crippen LogP contribution in [-0.2, 0) is 9.59 Å². The van der Waals surface area contributed by atoms with Crippen LogP contribution in [0.3, 0.4) is 0 Å². The highest BCUT2D eigenvalue weighted by Crippen LogP contribution is 2.31. The molecule has 3 N–H and O–H groups in total. The Hall–Kier alpha value is -2.28. The minimum Gasteiger partial charge on any atom is -0.497 e. The van der Waals surface area contributed by atoms with Crippen LogP contribution in [0.4, 0.5) is 0 Å². The first-order chi connectivity index (χ1) is 11.0. The summed E-state index contributed by atoms with van der Waals surface area (Å²) >= 11 is 0. The third-order valence-corrected chi connectivity index (χ3v) is 4.06. The van der Waals surface area contributed by atoms with Crippen molar-refractivity contribution in [2.75, 3.05) is 27.3 Å². The first kappa shape index (κ1) is 17.1. The highest BCUT2D eigenvalue weighted by Gasteiger charge is 2.33. The van der Waals surface area contributed by atoms with Gasteiger partial charge in [0.2, 0.25) is 5.91 Å². The lowest BCUT2D eigenvalue weighted by Crippen LogP contribution is -3.11. The molecule has 0 spiro atoms. The van der Waals surface area contributed by atoms with E-state index < -0.39 is 0 Å². The summed E-state index contributed by atoms with van der Waals surface area (Å²) in [4.78, 5) is 24.0. The van der Waals surface area contributed by atoms with Crippen molar-refractivity contribution >= 4 is 11.8 Å². The number of carbonyl (C=O) groups excluding carboxylic acids is 2. The van der Waals surface area contributed by atoms with Gasteiger partial charge in [-0.1, -0.05) is 0 Å². The molecule has 126 valence electrons. The fourth-order valence-corrected chi connectivity index (χ4v) is 3.02. The number of amides is 2. The summed E-state index contributed by atoms with van der Waals surface area (Å²) in [7, 11) is 3.27. The fraction of sp³-hybridized carbons (Fsp3) is 0.500. The predicted octanol–water partition coefficient (Wildman–Crippen LogP) is -0.409. The maximum atomic E-state index is 12.0. The summed E-state index contributed by atoms with van der Waals surface area (Å²) in [5.41, 5.74) is 5.78. The summed E-state index contributed by atoms with van der Waals surface area (Å²) in [5, 5.41) is 0. The van der Waals surface area contributed by atoms with Crippen LogP contribution >= 0.6 is 0 Å². The van der Waals surface area contributed by atoms with E-state index in [1.165, 1.54) is 6.92 Å². The second-order valence-corrected chi connectivity index (χ2v) is 5.62. The fourth-order valence-electron chi connectivity index (χ4n) is 3.02. The molecule has 0 bridgehead atoms. The van der Waals surface area contributed by atoms with E-state index in [4.69, 9.17) is 9.47 Å². The van der Waals surface area contributed by atoms with Crippen LogP contribution in [0.2, 0.25) is 0 Å². The van der Waals surface area contributed by atoms with Gasteiger partial charge in [0.15, 0.2) is 6.54 Å². The third-order valence-electron chi connectivity index (χ3n) is 4.06. The van der Waals surface area contributed by atoms with Gasteiger partial charge in [-0.15, -0.1) is 0 Å². The number of hydrogen-bond acceptors (Lipinski definition) is 4. The lowest BCUT2D eigenvalue weighted by molar-refractivity contribution is -0.910. The van der Waals surface area contributed by atoms with Crippen LogP contribution < -0.4 is 25.2 Å². The normalized spacial score (nSPS) is 20.0. The molecular weight excluding hydrogens is 298 g/mol. The van der Waals surface area contributed by atoms with Gasteiger partial charge in [-0.05, 0) is 18.2 Å². The van der Waals surface area contributed by atoms with E-state index in [1.807, 2.05) is 18.2 Å². The monoisotopic (exact) mass is 322 g/mol. The van der Waals surface area contributed by atoms with Crippen molar-refractivity contribution in [2.45, 2.75) is 25.8 Å². The number of methoxy groups -OCH3 is 2. The molecule has 1 fully saturated rings. The Morgan fingerprint density at radius 3 is 2.70 bits per heavy atom. The molecule has 23 heavy (non-hydrogen) atoms. The number of benzene rings is 1. The molecule has 1 unspecified atom stereocenters. The van der Waals surface area contributed by atoms with Crippen molar-refractivity contribution in [3.8, 4) is 11.5 Å². The number of nitrogens with one attached hydrogen (secondary N) is 3. The minimum absolute atomic E-state index is 0.170. The van der Waals surface area contributed by atoms with Gasteiger partial charge in [0.25, 0.3) is 5.91 Å². The molecule has 2 rings (SSSR count). The van der Waals surface area contributed by atoms with E-state index >= 15 is 0 Å². The van der Waals surface area contributed by atoms with Crippen LogP contribution in [0.1, 0.15) is 31.4 Å². The number of hydrogen-bond donors (Lipinski definition) is 3. The smallest absolute Gasteiger partial charge is 0.293 e. The van der Waals surface area contributed by atoms with Crippen molar-refractivity contribution in [1.29, 1.82) is 0 Å². The van der Waals surface area contributed by atoms with Gasteiger partial charge in [0, 0.05) is 19.8 Å². The standard InChI is InChI=1S/C16H23N3O4/c1-11(20)17-18-16(21)10-19-8-4-5-14(19)13-9-12(22-2)6-7-15(13)23-3/h6-7,9,14H,4-5,8,10H2,1-3H3,(H,17,20)(H,18,21)/p+1/t14-/m1/s1. The molecular formula is C16H24N3O4+. The number of ether oxygens (including phenoxy) is 2. The molecule has 7 heteroatoms. The zero-order valence-electron chi connectivity index (χ0n) is 13.8. The Bertz CT molecular complexity index is 576. The van der Waals surface area contributed by atoms with E-state index in [-0.39, 0.29) is 17.9 Å². The maximum absolute atomic E-state index is 12.0. The third kappa shape index (κ3) is 4.35. The molecule has 0 aromatic heterocycles. The number of carbonyl (C=O) groups is 2. The second kappa shape index (κ2) is 7.82. The van der Waals surface area contributed by atoms with Crippen molar-refractivity contribution < 1.29 is 24.0 Å². The van der Waals surface area contributed by atoms with E-state index in [0.29, 0.717) is 6.54 Å². The lowest BCUT2D eigenvalue weighted by Gasteiger charge is -2.23. The van der Waals surface area contributed by atoms with Crippen molar-refractivity contribution in [2.24, 2.45) is 0 Å². The number of quaternary nitrogens is 1. The first-order valence-corrected chi connectivity index (χ1v) is 7.67. The van der Waals surface area contributed by atoms with E-state index in [2.05, 4.69) is 10.9 Å². The molecule has 1 aliphatic rings. The summed E-state index contributed by atoms with van der Waals surface area (Å²) in [6, 6.07) is 5.89. The summed E-state index contributed by atoms with van der Waals surface area (Å²) in [6.07, 6.45) is 2.01. The van der Waals surface area contributed by atoms with Gasteiger partial charge in [0.05, 0.1) is 26.3 Å². The molecule has 0 aliphatic carbocycles. The minimum atomic E-state index is -0.291. The highest BCUT2D eigenvalue weighted by molar-refractivity contribution is 5.81. The van der Waals surface area contributed by atoms with Crippen LogP contribution in [0.15, 0.2) is 18.2 Å². The molecule has 0 saturated carbocycles. The number of rotatable bonds is 5. The molecule has 1 aromatic carbocycles. The summed E-state index contributed by atoms with van der Waals surface area (Å²) < 4.78 is 10.8. The second-order valence-electron chi connectivity index (χ2n) is 5.62.